The van der Waals surface area contributed by atoms with Crippen molar-refractivity contribution in [3.05, 3.63) is 35.9 Å². The number of hydrogen-bond donors (Lipinski definition) is 0. The van der Waals surface area contributed by atoms with E-state index >= 15 is 0 Å². The SMILES string of the molecule is COC(=O)C(C)CC1CC2OC(c3ccccc3)OC2C1=O. The summed E-state index contributed by atoms with van der Waals surface area (Å²) in [6.45, 7) is 1.78. The Bertz CT molecular complexity index is 555. The molecule has 0 radical (unpaired) electrons. The average molecular weight is 304 g/mol. The maximum Gasteiger partial charge on any atom is 0.308 e. The van der Waals surface area contributed by atoms with Crippen molar-refractivity contribution >= 4 is 11.8 Å². The number of fused-ring (bicyclic) bond motifs is 1. The Morgan fingerprint density at radius 2 is 2.05 bits per heavy atom. The molecule has 118 valence electrons. The number of benzene rings is 1. The summed E-state index contributed by atoms with van der Waals surface area (Å²) >= 11 is 0. The molecule has 1 aliphatic carbocycles. The van der Waals surface area contributed by atoms with Crippen LogP contribution < -0.4 is 0 Å². The van der Waals surface area contributed by atoms with Crippen molar-refractivity contribution in [3.63, 3.8) is 0 Å². The zero-order valence-corrected chi connectivity index (χ0v) is 12.7. The average Bonchev–Trinajstić information content (AvgIpc) is 3.08. The first kappa shape index (κ1) is 15.2. The summed E-state index contributed by atoms with van der Waals surface area (Å²) in [5, 5.41) is 0. The summed E-state index contributed by atoms with van der Waals surface area (Å²) in [7, 11) is 1.36. The Balaban J connectivity index is 1.62. The number of carbonyl (C=O) groups is 2. The summed E-state index contributed by atoms with van der Waals surface area (Å²) in [5.41, 5.74) is 0.921. The molecule has 1 heterocycles. The number of rotatable bonds is 4. The predicted molar refractivity (Wildman–Crippen MR) is 77.8 cm³/mol. The molecule has 5 nitrogen and oxygen atoms in total. The molecule has 0 bridgehead atoms. The number of methoxy groups -OCH3 is 1. The van der Waals surface area contributed by atoms with Gasteiger partial charge in [0.05, 0.1) is 19.1 Å². The first-order valence-electron chi connectivity index (χ1n) is 7.57. The van der Waals surface area contributed by atoms with Gasteiger partial charge in [0.1, 0.15) is 6.10 Å². The van der Waals surface area contributed by atoms with Gasteiger partial charge < -0.3 is 14.2 Å². The van der Waals surface area contributed by atoms with Gasteiger partial charge in [0.15, 0.2) is 12.1 Å². The highest BCUT2D eigenvalue weighted by atomic mass is 16.7. The van der Waals surface area contributed by atoms with Gasteiger partial charge in [-0.25, -0.2) is 0 Å². The van der Waals surface area contributed by atoms with Crippen molar-refractivity contribution in [2.45, 2.75) is 38.3 Å². The van der Waals surface area contributed by atoms with Crippen LogP contribution in [0.4, 0.5) is 0 Å². The number of Topliss-reactive ketones (excluding diaryl/α,β-unsaturated/α-hetero) is 1. The van der Waals surface area contributed by atoms with Crippen LogP contribution in [-0.4, -0.2) is 31.1 Å². The van der Waals surface area contributed by atoms with E-state index in [1.807, 2.05) is 30.3 Å². The third kappa shape index (κ3) is 2.78. The minimum Gasteiger partial charge on any atom is -0.469 e. The van der Waals surface area contributed by atoms with E-state index in [9.17, 15) is 9.59 Å². The lowest BCUT2D eigenvalue weighted by atomic mass is 9.93. The third-order valence-electron chi connectivity index (χ3n) is 4.42. The predicted octanol–water partition coefficient (Wildman–Crippen LogP) is 2.26. The van der Waals surface area contributed by atoms with Crippen molar-refractivity contribution in [2.24, 2.45) is 11.8 Å². The maximum atomic E-state index is 12.5. The topological polar surface area (TPSA) is 61.8 Å². The van der Waals surface area contributed by atoms with E-state index in [0.717, 1.165) is 5.56 Å². The molecule has 1 saturated carbocycles. The molecule has 3 rings (SSSR count). The standard InChI is InChI=1S/C17H20O5/c1-10(16(19)20-2)8-12-9-13-15(14(12)18)22-17(21-13)11-6-4-3-5-7-11/h3-7,10,12-13,15,17H,8-9H2,1-2H3. The monoisotopic (exact) mass is 304 g/mol. The van der Waals surface area contributed by atoms with Gasteiger partial charge in [0.2, 0.25) is 0 Å². The summed E-state index contributed by atoms with van der Waals surface area (Å²) in [5.74, 6) is -0.725. The van der Waals surface area contributed by atoms with E-state index in [1.54, 1.807) is 6.92 Å². The van der Waals surface area contributed by atoms with Gasteiger partial charge in [-0.2, -0.15) is 0 Å². The first-order valence-corrected chi connectivity index (χ1v) is 7.57. The molecule has 1 aromatic rings. The van der Waals surface area contributed by atoms with Crippen molar-refractivity contribution < 1.29 is 23.8 Å². The Kier molecular flexibility index (Phi) is 4.27. The molecule has 2 aliphatic rings. The van der Waals surface area contributed by atoms with Crippen LogP contribution in [0.5, 0.6) is 0 Å². The van der Waals surface area contributed by atoms with Crippen LogP contribution >= 0.6 is 0 Å². The second-order valence-corrected chi connectivity index (χ2v) is 5.97. The minimum absolute atomic E-state index is 0.0409. The number of ketones is 1. The fourth-order valence-electron chi connectivity index (χ4n) is 3.25. The molecule has 0 N–H and O–H groups in total. The smallest absolute Gasteiger partial charge is 0.308 e. The van der Waals surface area contributed by atoms with E-state index < -0.39 is 12.4 Å². The van der Waals surface area contributed by atoms with Crippen LogP contribution in [0, 0.1) is 11.8 Å². The Labute approximate surface area is 129 Å². The minimum atomic E-state index is -0.514. The van der Waals surface area contributed by atoms with Gasteiger partial charge >= 0.3 is 5.97 Å². The molecule has 1 aromatic carbocycles. The lowest BCUT2D eigenvalue weighted by molar-refractivity contribution is -0.146. The quantitative estimate of drug-likeness (QED) is 0.798. The molecule has 0 spiro atoms. The van der Waals surface area contributed by atoms with Crippen LogP contribution in [-0.2, 0) is 23.8 Å². The van der Waals surface area contributed by atoms with Gasteiger partial charge in [0.25, 0.3) is 0 Å². The van der Waals surface area contributed by atoms with E-state index in [0.29, 0.717) is 12.8 Å². The van der Waals surface area contributed by atoms with Crippen molar-refractivity contribution in [2.75, 3.05) is 7.11 Å². The van der Waals surface area contributed by atoms with Crippen LogP contribution in [0.1, 0.15) is 31.6 Å². The van der Waals surface area contributed by atoms with E-state index in [4.69, 9.17) is 14.2 Å². The number of hydrogen-bond acceptors (Lipinski definition) is 5. The number of esters is 1. The summed E-state index contributed by atoms with van der Waals surface area (Å²) in [6, 6.07) is 9.60. The third-order valence-corrected chi connectivity index (χ3v) is 4.42. The van der Waals surface area contributed by atoms with Crippen LogP contribution in [0.3, 0.4) is 0 Å². The fourth-order valence-corrected chi connectivity index (χ4v) is 3.25. The van der Waals surface area contributed by atoms with Gasteiger partial charge in [0, 0.05) is 11.5 Å². The maximum absolute atomic E-state index is 12.5. The molecule has 1 aliphatic heterocycles. The molecule has 5 unspecified atom stereocenters. The van der Waals surface area contributed by atoms with E-state index in [-0.39, 0.29) is 29.7 Å². The molecular weight excluding hydrogens is 284 g/mol. The largest absolute Gasteiger partial charge is 0.469 e. The molecular formula is C17H20O5. The zero-order valence-electron chi connectivity index (χ0n) is 12.7. The molecule has 5 heteroatoms. The molecule has 5 atom stereocenters. The molecule has 22 heavy (non-hydrogen) atoms. The summed E-state index contributed by atoms with van der Waals surface area (Å²) in [4.78, 5) is 23.9. The zero-order chi connectivity index (χ0) is 15.7. The highest BCUT2D eigenvalue weighted by Crippen LogP contribution is 2.41. The van der Waals surface area contributed by atoms with Crippen LogP contribution in [0.2, 0.25) is 0 Å². The lowest BCUT2D eigenvalue weighted by Crippen LogP contribution is -2.25. The summed E-state index contributed by atoms with van der Waals surface area (Å²) in [6.07, 6.45) is -0.109. The van der Waals surface area contributed by atoms with Gasteiger partial charge in [-0.15, -0.1) is 0 Å². The Morgan fingerprint density at radius 1 is 1.32 bits per heavy atom. The van der Waals surface area contributed by atoms with Crippen LogP contribution in [0.25, 0.3) is 0 Å². The summed E-state index contributed by atoms with van der Waals surface area (Å²) < 4.78 is 16.4. The van der Waals surface area contributed by atoms with E-state index in [2.05, 4.69) is 0 Å². The Morgan fingerprint density at radius 3 is 2.68 bits per heavy atom. The number of carbonyl (C=O) groups excluding carboxylic acids is 2. The van der Waals surface area contributed by atoms with Crippen molar-refractivity contribution in [1.82, 2.24) is 0 Å². The van der Waals surface area contributed by atoms with E-state index in [1.165, 1.54) is 7.11 Å². The normalized spacial score (nSPS) is 31.8. The van der Waals surface area contributed by atoms with Crippen LogP contribution in [0.15, 0.2) is 30.3 Å². The highest BCUT2D eigenvalue weighted by molar-refractivity contribution is 5.89. The molecule has 0 amide bonds. The molecule has 1 saturated heterocycles. The Hall–Kier alpha value is -1.72. The second-order valence-electron chi connectivity index (χ2n) is 5.97. The first-order chi connectivity index (χ1) is 10.6. The second kappa shape index (κ2) is 6.18. The van der Waals surface area contributed by atoms with Gasteiger partial charge in [-0.1, -0.05) is 37.3 Å². The van der Waals surface area contributed by atoms with Crippen molar-refractivity contribution in [1.29, 1.82) is 0 Å². The van der Waals surface area contributed by atoms with Crippen molar-refractivity contribution in [3.8, 4) is 0 Å². The fraction of sp³-hybridized carbons (Fsp3) is 0.529. The van der Waals surface area contributed by atoms with Gasteiger partial charge in [-0.05, 0) is 12.8 Å². The molecule has 0 aromatic heterocycles. The molecule has 2 fully saturated rings. The lowest BCUT2D eigenvalue weighted by Gasteiger charge is -2.17. The number of ether oxygens (including phenoxy) is 3. The highest BCUT2D eigenvalue weighted by Gasteiger charge is 2.50. The van der Waals surface area contributed by atoms with Gasteiger partial charge in [-0.3, -0.25) is 9.59 Å².